The van der Waals surface area contributed by atoms with Crippen molar-refractivity contribution >= 4 is 21.8 Å². The van der Waals surface area contributed by atoms with Crippen LogP contribution in [0.3, 0.4) is 0 Å². The third-order valence-electron chi connectivity index (χ3n) is 4.81. The van der Waals surface area contributed by atoms with E-state index in [-0.39, 0.29) is 37.5 Å². The van der Waals surface area contributed by atoms with E-state index in [2.05, 4.69) is 4.74 Å². The summed E-state index contributed by atoms with van der Waals surface area (Å²) in [5, 5.41) is 11.4. The number of methoxy groups -OCH3 is 1. The van der Waals surface area contributed by atoms with E-state index < -0.39 is 39.1 Å². The Kier molecular flexibility index (Phi) is 8.08. The molecule has 0 unspecified atom stereocenters. The maximum Gasteiger partial charge on any atom is 0.387 e. The van der Waals surface area contributed by atoms with Crippen LogP contribution in [0.1, 0.15) is 24.2 Å². The minimum atomic E-state index is -3.67. The first-order chi connectivity index (χ1) is 14.6. The second kappa shape index (κ2) is 10.2. The maximum absolute atomic E-state index is 12.9. The fraction of sp³-hybridized carbons (Fsp3) is 0.588. The number of nitro benzene ring substituents is 1. The van der Waals surface area contributed by atoms with Crippen LogP contribution in [0, 0.1) is 10.1 Å². The number of ether oxygens (including phenoxy) is 2. The van der Waals surface area contributed by atoms with Gasteiger partial charge in [-0.25, -0.2) is 0 Å². The highest BCUT2D eigenvalue weighted by Crippen LogP contribution is 2.36. The monoisotopic (exact) mass is 466 g/mol. The van der Waals surface area contributed by atoms with Crippen LogP contribution in [0.15, 0.2) is 12.1 Å². The molecule has 1 amide bonds. The van der Waals surface area contributed by atoms with Gasteiger partial charge in [0, 0.05) is 45.3 Å². The fourth-order valence-electron chi connectivity index (χ4n) is 3.22. The molecule has 0 bridgehead atoms. The van der Waals surface area contributed by atoms with Gasteiger partial charge < -0.3 is 14.4 Å². The van der Waals surface area contributed by atoms with Gasteiger partial charge in [0.25, 0.3) is 21.8 Å². The van der Waals surface area contributed by atoms with Gasteiger partial charge in [-0.1, -0.05) is 13.8 Å². The summed E-state index contributed by atoms with van der Waals surface area (Å²) in [6.07, 6.45) is 0. The highest BCUT2D eigenvalue weighted by Gasteiger charge is 2.34. The number of carbonyl (C=O) groups excluding carboxylic acids is 1. The van der Waals surface area contributed by atoms with Crippen molar-refractivity contribution in [3.05, 3.63) is 27.8 Å². The van der Waals surface area contributed by atoms with E-state index in [4.69, 9.17) is 4.74 Å². The van der Waals surface area contributed by atoms with Crippen LogP contribution < -0.4 is 9.47 Å². The zero-order valence-corrected chi connectivity index (χ0v) is 18.1. The summed E-state index contributed by atoms with van der Waals surface area (Å²) in [6.45, 7) is 0.847. The molecule has 0 atom stereocenters. The molecular formula is C17H24F2N4O7S. The number of hydrogen-bond donors (Lipinski definition) is 0. The van der Waals surface area contributed by atoms with Gasteiger partial charge in [0.2, 0.25) is 0 Å². The third-order valence-corrected chi connectivity index (χ3v) is 7.00. The first-order valence-electron chi connectivity index (χ1n) is 9.42. The van der Waals surface area contributed by atoms with E-state index in [0.29, 0.717) is 19.2 Å². The lowest BCUT2D eigenvalue weighted by Gasteiger charge is -2.36. The number of halogens is 2. The second-order valence-corrected chi connectivity index (χ2v) is 8.37. The molecule has 2 rings (SSSR count). The Balaban J connectivity index is 2.27. The summed E-state index contributed by atoms with van der Waals surface area (Å²) in [7, 11) is -2.53. The Hall–Kier alpha value is -2.58. The molecule has 1 aliphatic heterocycles. The molecule has 1 heterocycles. The first-order valence-corrected chi connectivity index (χ1v) is 10.8. The van der Waals surface area contributed by atoms with Gasteiger partial charge in [-0.15, -0.1) is 0 Å². The molecule has 31 heavy (non-hydrogen) atoms. The maximum atomic E-state index is 12.9. The number of nitro groups is 1. The lowest BCUT2D eigenvalue weighted by atomic mass is 10.1. The fourth-order valence-corrected chi connectivity index (χ4v) is 4.83. The van der Waals surface area contributed by atoms with Gasteiger partial charge in [-0.2, -0.15) is 25.8 Å². The Bertz CT molecular complexity index is 917. The highest BCUT2D eigenvalue weighted by molar-refractivity contribution is 7.86. The number of carbonyl (C=O) groups is 1. The van der Waals surface area contributed by atoms with Gasteiger partial charge in [-0.3, -0.25) is 14.9 Å². The standard InChI is InChI=1S/C17H24F2N4O7S/c1-4-21(5-2)31(27,28)22-8-6-20(7-9-22)16(24)12-10-14(29-3)15(30-17(18)19)11-13(12)23(25)26/h10-11,17H,4-9H2,1-3H3. The Morgan fingerprint density at radius 1 is 1.19 bits per heavy atom. The number of benzene rings is 1. The quantitative estimate of drug-likeness (QED) is 0.400. The molecule has 0 saturated carbocycles. The number of alkyl halides is 2. The third kappa shape index (κ3) is 5.37. The van der Waals surface area contributed by atoms with Gasteiger partial charge in [0.1, 0.15) is 5.56 Å². The SMILES string of the molecule is CCN(CC)S(=O)(=O)N1CCN(C(=O)c2cc(OC)c(OC(F)F)cc2[N+](=O)[O-])CC1. The summed E-state index contributed by atoms with van der Waals surface area (Å²) in [6, 6.07) is 1.68. The minimum Gasteiger partial charge on any atom is -0.493 e. The number of piperazine rings is 1. The van der Waals surface area contributed by atoms with Gasteiger partial charge in [-0.05, 0) is 0 Å². The predicted octanol–water partition coefficient (Wildman–Crippen LogP) is 1.55. The molecule has 14 heteroatoms. The van der Waals surface area contributed by atoms with E-state index in [9.17, 15) is 32.1 Å². The van der Waals surface area contributed by atoms with Crippen molar-refractivity contribution in [2.75, 3.05) is 46.4 Å². The van der Waals surface area contributed by atoms with Crippen molar-refractivity contribution in [3.8, 4) is 11.5 Å². The van der Waals surface area contributed by atoms with Gasteiger partial charge in [0.15, 0.2) is 11.5 Å². The summed E-state index contributed by atoms with van der Waals surface area (Å²) >= 11 is 0. The van der Waals surface area contributed by atoms with Crippen molar-refractivity contribution < 1.29 is 36.4 Å². The number of amides is 1. The second-order valence-electron chi connectivity index (χ2n) is 6.44. The molecule has 0 aliphatic carbocycles. The van der Waals surface area contributed by atoms with Crippen LogP contribution >= 0.6 is 0 Å². The van der Waals surface area contributed by atoms with Crippen LogP contribution in [-0.4, -0.2) is 85.7 Å². The van der Waals surface area contributed by atoms with Crippen LogP contribution in [0.2, 0.25) is 0 Å². The topological polar surface area (TPSA) is 123 Å². The van der Waals surface area contributed by atoms with Crippen LogP contribution in [0.25, 0.3) is 0 Å². The van der Waals surface area contributed by atoms with Crippen LogP contribution in [-0.2, 0) is 10.2 Å². The molecule has 174 valence electrons. The van der Waals surface area contributed by atoms with Crippen molar-refractivity contribution in [1.82, 2.24) is 13.5 Å². The van der Waals surface area contributed by atoms with Gasteiger partial charge in [0.05, 0.1) is 18.1 Å². The zero-order valence-electron chi connectivity index (χ0n) is 17.3. The Morgan fingerprint density at radius 3 is 2.23 bits per heavy atom. The molecular weight excluding hydrogens is 442 g/mol. The summed E-state index contributed by atoms with van der Waals surface area (Å²) in [5.74, 6) is -1.58. The van der Waals surface area contributed by atoms with E-state index in [1.165, 1.54) is 13.5 Å². The lowest BCUT2D eigenvalue weighted by Crippen LogP contribution is -2.54. The van der Waals surface area contributed by atoms with E-state index in [0.717, 1.165) is 13.2 Å². The van der Waals surface area contributed by atoms with Crippen molar-refractivity contribution in [2.24, 2.45) is 0 Å². The number of nitrogens with zero attached hydrogens (tertiary/aromatic N) is 4. The Labute approximate surface area is 178 Å². The normalized spacial score (nSPS) is 15.4. The molecule has 1 saturated heterocycles. The molecule has 0 radical (unpaired) electrons. The Morgan fingerprint density at radius 2 is 1.77 bits per heavy atom. The van der Waals surface area contributed by atoms with E-state index in [1.54, 1.807) is 13.8 Å². The summed E-state index contributed by atoms with van der Waals surface area (Å²) in [4.78, 5) is 24.7. The average Bonchev–Trinajstić information content (AvgIpc) is 2.73. The van der Waals surface area contributed by atoms with Crippen molar-refractivity contribution in [2.45, 2.75) is 20.5 Å². The molecule has 11 nitrogen and oxygen atoms in total. The predicted molar refractivity (Wildman–Crippen MR) is 106 cm³/mol. The first kappa shape index (κ1) is 24.7. The lowest BCUT2D eigenvalue weighted by molar-refractivity contribution is -0.385. The largest absolute Gasteiger partial charge is 0.493 e. The molecule has 1 aromatic rings. The molecule has 0 N–H and O–H groups in total. The molecule has 1 fully saturated rings. The van der Waals surface area contributed by atoms with Crippen molar-refractivity contribution in [1.29, 1.82) is 0 Å². The molecule has 1 aromatic carbocycles. The zero-order chi connectivity index (χ0) is 23.3. The van der Waals surface area contributed by atoms with E-state index in [1.807, 2.05) is 0 Å². The number of rotatable bonds is 9. The molecule has 0 aromatic heterocycles. The van der Waals surface area contributed by atoms with Crippen LogP contribution in [0.4, 0.5) is 14.5 Å². The minimum absolute atomic E-state index is 0.00802. The highest BCUT2D eigenvalue weighted by atomic mass is 32.2. The molecule has 0 spiro atoms. The van der Waals surface area contributed by atoms with Crippen molar-refractivity contribution in [3.63, 3.8) is 0 Å². The smallest absolute Gasteiger partial charge is 0.387 e. The number of hydrogen-bond acceptors (Lipinski definition) is 7. The van der Waals surface area contributed by atoms with Gasteiger partial charge >= 0.3 is 6.61 Å². The average molecular weight is 466 g/mol. The summed E-state index contributed by atoms with van der Waals surface area (Å²) in [5.41, 5.74) is -1.09. The van der Waals surface area contributed by atoms with E-state index >= 15 is 0 Å². The molecule has 1 aliphatic rings. The summed E-state index contributed by atoms with van der Waals surface area (Å²) < 4.78 is 62.1. The van der Waals surface area contributed by atoms with Crippen LogP contribution in [0.5, 0.6) is 11.5 Å².